The molecule has 2 aromatic rings. The molecule has 22 heavy (non-hydrogen) atoms. The second-order valence-electron chi connectivity index (χ2n) is 4.93. The molecule has 6 nitrogen and oxygen atoms in total. The lowest BCUT2D eigenvalue weighted by atomic mass is 10.2. The highest BCUT2D eigenvalue weighted by Crippen LogP contribution is 2.28. The molecule has 0 bridgehead atoms. The van der Waals surface area contributed by atoms with Gasteiger partial charge in [-0.15, -0.1) is 0 Å². The zero-order valence-corrected chi connectivity index (χ0v) is 13.4. The molecule has 0 saturated carbocycles. The largest absolute Gasteiger partial charge is 0.495 e. The van der Waals surface area contributed by atoms with Gasteiger partial charge in [0.05, 0.1) is 19.4 Å². The van der Waals surface area contributed by atoms with Crippen LogP contribution in [0.2, 0.25) is 0 Å². The van der Waals surface area contributed by atoms with Gasteiger partial charge in [0.2, 0.25) is 0 Å². The van der Waals surface area contributed by atoms with Gasteiger partial charge in [0.15, 0.2) is 0 Å². The van der Waals surface area contributed by atoms with Crippen molar-refractivity contribution in [1.29, 1.82) is 0 Å². The lowest BCUT2D eigenvalue weighted by Crippen LogP contribution is -2.10. The highest BCUT2D eigenvalue weighted by atomic mass is 16.5. The van der Waals surface area contributed by atoms with Crippen LogP contribution in [-0.2, 0) is 4.74 Å². The lowest BCUT2D eigenvalue weighted by Gasteiger charge is -2.13. The smallest absolute Gasteiger partial charge is 0.142 e. The SMILES string of the molecule is COCCNc1cc(Nc2cc(C)ccc2OC)nc(C)n1. The van der Waals surface area contributed by atoms with E-state index in [4.69, 9.17) is 9.47 Å². The second-order valence-corrected chi connectivity index (χ2v) is 4.93. The van der Waals surface area contributed by atoms with Crippen LogP contribution in [0.3, 0.4) is 0 Å². The first kappa shape index (κ1) is 16.0. The Balaban J connectivity index is 2.20. The molecule has 0 unspecified atom stereocenters. The van der Waals surface area contributed by atoms with Crippen molar-refractivity contribution < 1.29 is 9.47 Å². The van der Waals surface area contributed by atoms with Crippen molar-refractivity contribution >= 4 is 17.3 Å². The van der Waals surface area contributed by atoms with Gasteiger partial charge < -0.3 is 20.1 Å². The molecule has 0 amide bonds. The van der Waals surface area contributed by atoms with Crippen LogP contribution in [0.4, 0.5) is 17.3 Å². The summed E-state index contributed by atoms with van der Waals surface area (Å²) >= 11 is 0. The summed E-state index contributed by atoms with van der Waals surface area (Å²) in [7, 11) is 3.32. The van der Waals surface area contributed by atoms with Crippen molar-refractivity contribution in [2.45, 2.75) is 13.8 Å². The van der Waals surface area contributed by atoms with Gasteiger partial charge in [-0.1, -0.05) is 6.07 Å². The predicted octanol–water partition coefficient (Wildman–Crippen LogP) is 2.90. The highest BCUT2D eigenvalue weighted by Gasteiger charge is 2.07. The van der Waals surface area contributed by atoms with Gasteiger partial charge in [0, 0.05) is 19.7 Å². The second kappa shape index (κ2) is 7.61. The average Bonchev–Trinajstić information content (AvgIpc) is 2.47. The first-order chi connectivity index (χ1) is 10.6. The van der Waals surface area contributed by atoms with E-state index in [2.05, 4.69) is 20.6 Å². The molecular weight excluding hydrogens is 280 g/mol. The number of ether oxygens (including phenoxy) is 2. The minimum absolute atomic E-state index is 0.623. The number of nitrogens with zero attached hydrogens (tertiary/aromatic N) is 2. The fraction of sp³-hybridized carbons (Fsp3) is 0.375. The van der Waals surface area contributed by atoms with Crippen LogP contribution >= 0.6 is 0 Å². The van der Waals surface area contributed by atoms with Crippen LogP contribution in [0, 0.1) is 13.8 Å². The van der Waals surface area contributed by atoms with Crippen LogP contribution in [0.1, 0.15) is 11.4 Å². The van der Waals surface area contributed by atoms with E-state index in [-0.39, 0.29) is 0 Å². The molecule has 0 fully saturated rings. The fourth-order valence-corrected chi connectivity index (χ4v) is 2.06. The topological polar surface area (TPSA) is 68.3 Å². The van der Waals surface area contributed by atoms with E-state index in [0.717, 1.165) is 28.6 Å². The van der Waals surface area contributed by atoms with E-state index in [1.807, 2.05) is 38.1 Å². The van der Waals surface area contributed by atoms with E-state index >= 15 is 0 Å². The summed E-state index contributed by atoms with van der Waals surface area (Å²) in [6.07, 6.45) is 0. The molecule has 6 heteroatoms. The Hall–Kier alpha value is -2.34. The summed E-state index contributed by atoms with van der Waals surface area (Å²) in [6, 6.07) is 7.83. The standard InChI is InChI=1S/C16H22N4O2/c1-11-5-6-14(22-4)13(9-11)20-16-10-15(17-7-8-21-3)18-12(2)19-16/h5-6,9-10H,7-8H2,1-4H3,(H2,17,18,19,20). The number of aromatic nitrogens is 2. The molecular formula is C16H22N4O2. The number of nitrogens with one attached hydrogen (secondary N) is 2. The number of aryl methyl sites for hydroxylation is 2. The molecule has 1 heterocycles. The maximum Gasteiger partial charge on any atom is 0.142 e. The van der Waals surface area contributed by atoms with E-state index in [1.54, 1.807) is 14.2 Å². The van der Waals surface area contributed by atoms with Crippen LogP contribution in [-0.4, -0.2) is 37.3 Å². The summed E-state index contributed by atoms with van der Waals surface area (Å²) < 4.78 is 10.4. The number of anilines is 3. The van der Waals surface area contributed by atoms with Crippen molar-refractivity contribution in [3.05, 3.63) is 35.7 Å². The summed E-state index contributed by atoms with van der Waals surface area (Å²) in [4.78, 5) is 8.77. The van der Waals surface area contributed by atoms with Crippen molar-refractivity contribution in [3.63, 3.8) is 0 Å². The first-order valence-electron chi connectivity index (χ1n) is 7.12. The Morgan fingerprint density at radius 3 is 2.55 bits per heavy atom. The molecule has 1 aromatic carbocycles. The molecule has 0 saturated heterocycles. The van der Waals surface area contributed by atoms with Crippen LogP contribution in [0.5, 0.6) is 5.75 Å². The molecule has 118 valence electrons. The van der Waals surface area contributed by atoms with E-state index < -0.39 is 0 Å². The maximum absolute atomic E-state index is 5.37. The van der Waals surface area contributed by atoms with Crippen LogP contribution in [0.25, 0.3) is 0 Å². The summed E-state index contributed by atoms with van der Waals surface area (Å²) in [5, 5.41) is 6.49. The zero-order valence-electron chi connectivity index (χ0n) is 13.4. The molecule has 0 aliphatic carbocycles. The Kier molecular flexibility index (Phi) is 5.55. The van der Waals surface area contributed by atoms with Crippen LogP contribution < -0.4 is 15.4 Å². The fourth-order valence-electron chi connectivity index (χ4n) is 2.06. The summed E-state index contributed by atoms with van der Waals surface area (Å²) in [6.45, 7) is 5.21. The number of methoxy groups -OCH3 is 2. The summed E-state index contributed by atoms with van der Waals surface area (Å²) in [5.41, 5.74) is 2.02. The van der Waals surface area contributed by atoms with E-state index in [1.165, 1.54) is 0 Å². The molecule has 0 aliphatic heterocycles. The minimum atomic E-state index is 0.623. The van der Waals surface area contributed by atoms with Gasteiger partial charge in [-0.25, -0.2) is 9.97 Å². The number of rotatable bonds is 7. The Bertz CT molecular complexity index is 632. The molecule has 1 aromatic heterocycles. The van der Waals surface area contributed by atoms with Gasteiger partial charge in [0.25, 0.3) is 0 Å². The van der Waals surface area contributed by atoms with Gasteiger partial charge in [-0.2, -0.15) is 0 Å². The van der Waals surface area contributed by atoms with Gasteiger partial charge >= 0.3 is 0 Å². The number of hydrogen-bond acceptors (Lipinski definition) is 6. The normalized spacial score (nSPS) is 10.4. The van der Waals surface area contributed by atoms with Crippen molar-refractivity contribution in [2.75, 3.05) is 38.0 Å². The molecule has 2 rings (SSSR count). The monoisotopic (exact) mass is 302 g/mol. The third kappa shape index (κ3) is 4.33. The minimum Gasteiger partial charge on any atom is -0.495 e. The molecule has 0 aliphatic rings. The Labute approximate surface area is 130 Å². The van der Waals surface area contributed by atoms with Crippen molar-refractivity contribution in [1.82, 2.24) is 9.97 Å². The number of benzene rings is 1. The zero-order chi connectivity index (χ0) is 15.9. The lowest BCUT2D eigenvalue weighted by molar-refractivity contribution is 0.210. The predicted molar refractivity (Wildman–Crippen MR) is 88.1 cm³/mol. The average molecular weight is 302 g/mol. The maximum atomic E-state index is 5.37. The number of hydrogen-bond donors (Lipinski definition) is 2. The molecule has 0 atom stereocenters. The van der Waals surface area contributed by atoms with E-state index in [9.17, 15) is 0 Å². The van der Waals surface area contributed by atoms with Crippen molar-refractivity contribution in [3.8, 4) is 5.75 Å². The molecule has 2 N–H and O–H groups in total. The van der Waals surface area contributed by atoms with Gasteiger partial charge in [-0.05, 0) is 31.5 Å². The van der Waals surface area contributed by atoms with Crippen molar-refractivity contribution in [2.24, 2.45) is 0 Å². The van der Waals surface area contributed by atoms with Gasteiger partial charge in [0.1, 0.15) is 23.2 Å². The highest BCUT2D eigenvalue weighted by molar-refractivity contribution is 5.66. The third-order valence-electron chi connectivity index (χ3n) is 3.07. The van der Waals surface area contributed by atoms with E-state index in [0.29, 0.717) is 19.0 Å². The molecule has 0 radical (unpaired) electrons. The molecule has 0 spiro atoms. The quantitative estimate of drug-likeness (QED) is 0.767. The first-order valence-corrected chi connectivity index (χ1v) is 7.12. The Morgan fingerprint density at radius 1 is 1.05 bits per heavy atom. The summed E-state index contributed by atoms with van der Waals surface area (Å²) in [5.74, 6) is 2.95. The van der Waals surface area contributed by atoms with Crippen LogP contribution in [0.15, 0.2) is 24.3 Å². The third-order valence-corrected chi connectivity index (χ3v) is 3.07. The Morgan fingerprint density at radius 2 is 1.82 bits per heavy atom. The van der Waals surface area contributed by atoms with Gasteiger partial charge in [-0.3, -0.25) is 0 Å².